The fourth-order valence-corrected chi connectivity index (χ4v) is 2.48. The minimum atomic E-state index is -0.146. The summed E-state index contributed by atoms with van der Waals surface area (Å²) in [5.41, 5.74) is 1.28. The molecular formula is C13H18O2S. The van der Waals surface area contributed by atoms with E-state index in [1.807, 2.05) is 26.0 Å². The Morgan fingerprint density at radius 1 is 1.38 bits per heavy atom. The van der Waals surface area contributed by atoms with E-state index in [4.69, 9.17) is 4.74 Å². The number of aryl methyl sites for hydroxylation is 1. The highest BCUT2D eigenvalue weighted by Crippen LogP contribution is 2.27. The van der Waals surface area contributed by atoms with Gasteiger partial charge in [-0.3, -0.25) is 4.79 Å². The van der Waals surface area contributed by atoms with Crippen molar-refractivity contribution in [2.24, 2.45) is 0 Å². The molecule has 1 aromatic rings. The van der Waals surface area contributed by atoms with E-state index in [0.717, 1.165) is 6.42 Å². The van der Waals surface area contributed by atoms with Crippen molar-refractivity contribution in [3.05, 3.63) is 29.8 Å². The zero-order chi connectivity index (χ0) is 12.0. The van der Waals surface area contributed by atoms with Crippen LogP contribution in [0.25, 0.3) is 0 Å². The second kappa shape index (κ2) is 6.59. The summed E-state index contributed by atoms with van der Waals surface area (Å²) < 4.78 is 4.99. The van der Waals surface area contributed by atoms with Crippen molar-refractivity contribution in [2.75, 3.05) is 6.61 Å². The Bertz CT molecular complexity index is 350. The molecule has 0 aliphatic rings. The molecule has 0 saturated heterocycles. The highest BCUT2D eigenvalue weighted by atomic mass is 32.2. The van der Waals surface area contributed by atoms with E-state index in [1.165, 1.54) is 10.5 Å². The van der Waals surface area contributed by atoms with Gasteiger partial charge in [-0.25, -0.2) is 0 Å². The maximum absolute atomic E-state index is 11.5. The van der Waals surface area contributed by atoms with Crippen molar-refractivity contribution in [2.45, 2.75) is 37.3 Å². The summed E-state index contributed by atoms with van der Waals surface area (Å²) in [6.45, 7) is 6.28. The van der Waals surface area contributed by atoms with Gasteiger partial charge in [-0.15, -0.1) is 11.8 Å². The molecule has 0 radical (unpaired) electrons. The number of hydrogen-bond acceptors (Lipinski definition) is 3. The molecule has 0 fully saturated rings. The highest BCUT2D eigenvalue weighted by Gasteiger charge is 2.16. The van der Waals surface area contributed by atoms with Gasteiger partial charge in [0.2, 0.25) is 0 Å². The lowest BCUT2D eigenvalue weighted by Crippen LogP contribution is -2.16. The van der Waals surface area contributed by atoms with Crippen molar-refractivity contribution in [1.82, 2.24) is 0 Å². The van der Waals surface area contributed by atoms with Gasteiger partial charge in [-0.05, 0) is 31.9 Å². The molecule has 1 aromatic carbocycles. The van der Waals surface area contributed by atoms with Crippen molar-refractivity contribution in [3.63, 3.8) is 0 Å². The van der Waals surface area contributed by atoms with Gasteiger partial charge in [-0.2, -0.15) is 0 Å². The zero-order valence-electron chi connectivity index (χ0n) is 10.0. The predicted molar refractivity (Wildman–Crippen MR) is 67.8 cm³/mol. The van der Waals surface area contributed by atoms with Crippen molar-refractivity contribution < 1.29 is 9.53 Å². The lowest BCUT2D eigenvalue weighted by Gasteiger charge is -2.12. The Hall–Kier alpha value is -0.960. The minimum absolute atomic E-state index is 0.140. The second-order valence-electron chi connectivity index (χ2n) is 3.47. The van der Waals surface area contributed by atoms with Gasteiger partial charge in [-0.1, -0.05) is 25.1 Å². The Kier molecular flexibility index (Phi) is 5.39. The summed E-state index contributed by atoms with van der Waals surface area (Å²) in [4.78, 5) is 12.7. The average molecular weight is 238 g/mol. The zero-order valence-corrected chi connectivity index (χ0v) is 10.8. The van der Waals surface area contributed by atoms with Gasteiger partial charge >= 0.3 is 5.97 Å². The fourth-order valence-electron chi connectivity index (χ4n) is 1.41. The van der Waals surface area contributed by atoms with Crippen LogP contribution in [0.4, 0.5) is 0 Å². The highest BCUT2D eigenvalue weighted by molar-refractivity contribution is 8.00. The Morgan fingerprint density at radius 3 is 2.69 bits per heavy atom. The first-order valence-electron chi connectivity index (χ1n) is 5.60. The van der Waals surface area contributed by atoms with E-state index >= 15 is 0 Å². The molecule has 0 amide bonds. The van der Waals surface area contributed by atoms with Gasteiger partial charge < -0.3 is 4.74 Å². The van der Waals surface area contributed by atoms with Gasteiger partial charge in [0.25, 0.3) is 0 Å². The first-order chi connectivity index (χ1) is 7.69. The molecule has 1 rings (SSSR count). The lowest BCUT2D eigenvalue weighted by atomic mass is 10.2. The van der Waals surface area contributed by atoms with Gasteiger partial charge in [0.15, 0.2) is 0 Å². The van der Waals surface area contributed by atoms with Gasteiger partial charge in [0, 0.05) is 4.90 Å². The molecule has 0 N–H and O–H groups in total. The van der Waals surface area contributed by atoms with Gasteiger partial charge in [0.1, 0.15) is 5.25 Å². The van der Waals surface area contributed by atoms with Gasteiger partial charge in [0.05, 0.1) is 6.61 Å². The monoisotopic (exact) mass is 238 g/mol. The van der Waals surface area contributed by atoms with Crippen LogP contribution in [0.3, 0.4) is 0 Å². The molecule has 0 aliphatic carbocycles. The van der Waals surface area contributed by atoms with Crippen LogP contribution < -0.4 is 0 Å². The number of thioether (sulfide) groups is 1. The average Bonchev–Trinajstić information content (AvgIpc) is 2.30. The minimum Gasteiger partial charge on any atom is -0.465 e. The van der Waals surface area contributed by atoms with Crippen LogP contribution in [0.2, 0.25) is 0 Å². The van der Waals surface area contributed by atoms with Crippen molar-refractivity contribution in [3.8, 4) is 0 Å². The lowest BCUT2D eigenvalue weighted by molar-refractivity contribution is -0.142. The van der Waals surface area contributed by atoms with E-state index < -0.39 is 0 Å². The molecule has 0 saturated carbocycles. The van der Waals surface area contributed by atoms with Crippen LogP contribution >= 0.6 is 11.8 Å². The first kappa shape index (κ1) is 13.1. The number of hydrogen-bond donors (Lipinski definition) is 0. The smallest absolute Gasteiger partial charge is 0.319 e. The van der Waals surface area contributed by atoms with E-state index in [1.54, 1.807) is 11.8 Å². The molecule has 3 heteroatoms. The van der Waals surface area contributed by atoms with Crippen LogP contribution in [0, 0.1) is 0 Å². The second-order valence-corrected chi connectivity index (χ2v) is 4.86. The molecule has 16 heavy (non-hydrogen) atoms. The molecule has 88 valence electrons. The molecule has 0 aromatic heterocycles. The SMILES string of the molecule is CCOC(=O)[C@@H](C)Sc1ccccc1CC. The Balaban J connectivity index is 2.68. The summed E-state index contributed by atoms with van der Waals surface area (Å²) in [5, 5.41) is -0.146. The predicted octanol–water partition coefficient (Wildman–Crippen LogP) is 3.29. The van der Waals surface area contributed by atoms with Crippen LogP contribution in [-0.2, 0) is 16.0 Å². The molecule has 0 bridgehead atoms. The van der Waals surface area contributed by atoms with Crippen molar-refractivity contribution >= 4 is 17.7 Å². The summed E-state index contributed by atoms with van der Waals surface area (Å²) in [7, 11) is 0. The number of carbonyl (C=O) groups is 1. The van der Waals surface area contributed by atoms with Crippen LogP contribution in [0.15, 0.2) is 29.2 Å². The molecule has 0 heterocycles. The summed E-state index contributed by atoms with van der Waals surface area (Å²) in [6, 6.07) is 8.18. The summed E-state index contributed by atoms with van der Waals surface area (Å²) in [6.07, 6.45) is 0.985. The number of benzene rings is 1. The summed E-state index contributed by atoms with van der Waals surface area (Å²) >= 11 is 1.57. The molecule has 0 aliphatic heterocycles. The van der Waals surface area contributed by atoms with E-state index in [2.05, 4.69) is 19.1 Å². The molecule has 2 nitrogen and oxygen atoms in total. The van der Waals surface area contributed by atoms with E-state index in [9.17, 15) is 4.79 Å². The standard InChI is InChI=1S/C13H18O2S/c1-4-11-8-6-7-9-12(11)16-10(3)13(14)15-5-2/h6-10H,4-5H2,1-3H3/t10-/m1/s1. The van der Waals surface area contributed by atoms with Crippen LogP contribution in [0.1, 0.15) is 26.3 Å². The summed E-state index contributed by atoms with van der Waals surface area (Å²) in [5.74, 6) is -0.140. The number of carbonyl (C=O) groups excluding carboxylic acids is 1. The van der Waals surface area contributed by atoms with Crippen LogP contribution in [-0.4, -0.2) is 17.8 Å². The first-order valence-corrected chi connectivity index (χ1v) is 6.48. The third-order valence-corrected chi connectivity index (χ3v) is 3.47. The molecular weight excluding hydrogens is 220 g/mol. The topological polar surface area (TPSA) is 26.3 Å². The Morgan fingerprint density at radius 2 is 2.06 bits per heavy atom. The number of esters is 1. The number of rotatable bonds is 5. The third kappa shape index (κ3) is 3.56. The maximum Gasteiger partial charge on any atom is 0.319 e. The Labute approximate surface area is 101 Å². The maximum atomic E-state index is 11.5. The van der Waals surface area contributed by atoms with Crippen LogP contribution in [0.5, 0.6) is 0 Å². The van der Waals surface area contributed by atoms with E-state index in [0.29, 0.717) is 6.61 Å². The molecule has 0 spiro atoms. The fraction of sp³-hybridized carbons (Fsp3) is 0.462. The molecule has 0 unspecified atom stereocenters. The largest absolute Gasteiger partial charge is 0.465 e. The van der Waals surface area contributed by atoms with E-state index in [-0.39, 0.29) is 11.2 Å². The quantitative estimate of drug-likeness (QED) is 0.581. The normalized spacial score (nSPS) is 12.2. The third-order valence-electron chi connectivity index (χ3n) is 2.28. The molecule has 1 atom stereocenters. The van der Waals surface area contributed by atoms with Crippen molar-refractivity contribution in [1.29, 1.82) is 0 Å². The number of ether oxygens (including phenoxy) is 1.